The molecule has 40 heavy (non-hydrogen) atoms. The van der Waals surface area contributed by atoms with Crippen molar-refractivity contribution in [1.82, 2.24) is 10.2 Å². The summed E-state index contributed by atoms with van der Waals surface area (Å²) in [6.45, 7) is 7.18. The Balaban J connectivity index is 1.39. The van der Waals surface area contributed by atoms with Gasteiger partial charge < -0.3 is 25.0 Å². The fraction of sp³-hybridized carbons (Fsp3) is 0.452. The zero-order chi connectivity index (χ0) is 28.7. The van der Waals surface area contributed by atoms with Crippen LogP contribution in [0.2, 0.25) is 5.02 Å². The number of terminal acetylenes is 1. The molecule has 0 aromatic heterocycles. The van der Waals surface area contributed by atoms with Gasteiger partial charge in [0.05, 0.1) is 12.6 Å². The number of carbonyl (C=O) groups excluding carboxylic acids is 3. The van der Waals surface area contributed by atoms with Crippen molar-refractivity contribution in [2.24, 2.45) is 5.92 Å². The van der Waals surface area contributed by atoms with Gasteiger partial charge in [0, 0.05) is 41.3 Å². The fourth-order valence-electron chi connectivity index (χ4n) is 5.87. The number of amides is 3. The number of rotatable bonds is 4. The number of carbonyl (C=O) groups is 3. The smallest absolute Gasteiger partial charge is 0.410 e. The summed E-state index contributed by atoms with van der Waals surface area (Å²) in [6.07, 6.45) is 7.55. The second-order valence-electron chi connectivity index (χ2n) is 11.7. The Hall–Kier alpha value is -3.70. The SMILES string of the molecule is C#Cc1ccc(OCC2CCN(C(=O)OC(C)(C)C)CC2)c([C@H]2NC(=O)CC[C@]23C(=O)Nc2cc(Cl)ccc23)c1. The van der Waals surface area contributed by atoms with Crippen molar-refractivity contribution in [3.05, 3.63) is 58.1 Å². The lowest BCUT2D eigenvalue weighted by Crippen LogP contribution is -2.52. The molecule has 2 aromatic rings. The van der Waals surface area contributed by atoms with Gasteiger partial charge in [-0.3, -0.25) is 9.59 Å². The largest absolute Gasteiger partial charge is 0.493 e. The van der Waals surface area contributed by atoms with Crippen molar-refractivity contribution < 1.29 is 23.9 Å². The highest BCUT2D eigenvalue weighted by Crippen LogP contribution is 2.52. The van der Waals surface area contributed by atoms with E-state index in [1.165, 1.54) is 0 Å². The summed E-state index contributed by atoms with van der Waals surface area (Å²) in [5.74, 6) is 3.12. The summed E-state index contributed by atoms with van der Waals surface area (Å²) in [5.41, 5.74) is 1.15. The minimum Gasteiger partial charge on any atom is -0.493 e. The molecule has 3 aliphatic rings. The maximum absolute atomic E-state index is 13.6. The average molecular weight is 564 g/mol. The van der Waals surface area contributed by atoms with E-state index in [0.717, 1.165) is 18.4 Å². The first-order valence-electron chi connectivity index (χ1n) is 13.6. The highest BCUT2D eigenvalue weighted by Gasteiger charge is 2.56. The van der Waals surface area contributed by atoms with E-state index in [9.17, 15) is 14.4 Å². The van der Waals surface area contributed by atoms with Crippen LogP contribution in [-0.2, 0) is 19.7 Å². The number of benzene rings is 2. The highest BCUT2D eigenvalue weighted by molar-refractivity contribution is 6.31. The summed E-state index contributed by atoms with van der Waals surface area (Å²) in [6, 6.07) is 10.1. The predicted molar refractivity (Wildman–Crippen MR) is 152 cm³/mol. The van der Waals surface area contributed by atoms with Gasteiger partial charge >= 0.3 is 6.09 Å². The highest BCUT2D eigenvalue weighted by atomic mass is 35.5. The Morgan fingerprint density at radius 1 is 1.18 bits per heavy atom. The van der Waals surface area contributed by atoms with Crippen molar-refractivity contribution in [2.45, 2.75) is 63.5 Å². The van der Waals surface area contributed by atoms with Crippen molar-refractivity contribution >= 4 is 35.2 Å². The normalized spacial score (nSPS) is 22.8. The molecule has 9 heteroatoms. The molecule has 3 amide bonds. The topological polar surface area (TPSA) is 97.0 Å². The van der Waals surface area contributed by atoms with Gasteiger partial charge in [-0.25, -0.2) is 4.79 Å². The monoisotopic (exact) mass is 563 g/mol. The Morgan fingerprint density at radius 3 is 2.62 bits per heavy atom. The summed E-state index contributed by atoms with van der Waals surface area (Å²) in [4.78, 5) is 40.5. The molecule has 3 aliphatic heterocycles. The summed E-state index contributed by atoms with van der Waals surface area (Å²) < 4.78 is 11.9. The standard InChI is InChI=1S/C31H34ClN3O5/c1-5-19-6-9-25(39-18-20-11-14-35(15-12-20)29(38)40-30(2,3)4)22(16-19)27-31(13-10-26(36)34-27)23-8-7-21(32)17-24(23)33-28(31)37/h1,6-9,16-17,20,27H,10-15,18H2,2-4H3,(H,33,37)(H,34,36)/t27-,31-/m1/s1. The maximum Gasteiger partial charge on any atom is 0.410 e. The fourth-order valence-corrected chi connectivity index (χ4v) is 6.04. The van der Waals surface area contributed by atoms with Crippen LogP contribution in [-0.4, -0.2) is 48.1 Å². The van der Waals surface area contributed by atoms with Crippen LogP contribution in [0.1, 0.15) is 69.2 Å². The number of hydrogen-bond acceptors (Lipinski definition) is 5. The van der Waals surface area contributed by atoms with Crippen LogP contribution in [0.5, 0.6) is 5.75 Å². The molecule has 2 N–H and O–H groups in total. The molecule has 2 fully saturated rings. The van der Waals surface area contributed by atoms with E-state index in [-0.39, 0.29) is 30.2 Å². The predicted octanol–water partition coefficient (Wildman–Crippen LogP) is 5.19. The zero-order valence-corrected chi connectivity index (χ0v) is 23.8. The molecule has 0 aliphatic carbocycles. The Kier molecular flexibility index (Phi) is 7.45. The molecule has 2 atom stereocenters. The van der Waals surface area contributed by atoms with E-state index in [4.69, 9.17) is 27.5 Å². The second-order valence-corrected chi connectivity index (χ2v) is 12.2. The van der Waals surface area contributed by atoms with Crippen LogP contribution in [0, 0.1) is 18.3 Å². The van der Waals surface area contributed by atoms with E-state index >= 15 is 0 Å². The van der Waals surface area contributed by atoms with Gasteiger partial charge in [-0.1, -0.05) is 23.6 Å². The maximum atomic E-state index is 13.6. The Morgan fingerprint density at radius 2 is 1.93 bits per heavy atom. The van der Waals surface area contributed by atoms with E-state index in [0.29, 0.717) is 53.7 Å². The molecule has 0 saturated carbocycles. The number of likely N-dealkylation sites (tertiary alicyclic amines) is 1. The van der Waals surface area contributed by atoms with Gasteiger partial charge in [-0.15, -0.1) is 6.42 Å². The summed E-state index contributed by atoms with van der Waals surface area (Å²) in [7, 11) is 0. The molecule has 5 rings (SSSR count). The molecule has 0 radical (unpaired) electrons. The van der Waals surface area contributed by atoms with Gasteiger partial charge in [0.2, 0.25) is 11.8 Å². The van der Waals surface area contributed by atoms with Crippen molar-refractivity contribution in [2.75, 3.05) is 25.0 Å². The number of halogens is 1. The number of ether oxygens (including phenoxy) is 2. The lowest BCUT2D eigenvalue weighted by molar-refractivity contribution is -0.130. The van der Waals surface area contributed by atoms with E-state index in [2.05, 4.69) is 16.6 Å². The van der Waals surface area contributed by atoms with E-state index < -0.39 is 17.1 Å². The third kappa shape index (κ3) is 5.35. The first-order chi connectivity index (χ1) is 19.0. The van der Waals surface area contributed by atoms with Crippen LogP contribution in [0.4, 0.5) is 10.5 Å². The van der Waals surface area contributed by atoms with Crippen molar-refractivity contribution in [3.8, 4) is 18.1 Å². The molecular weight excluding hydrogens is 530 g/mol. The van der Waals surface area contributed by atoms with Crippen LogP contribution in [0.25, 0.3) is 0 Å². The lowest BCUT2D eigenvalue weighted by Gasteiger charge is -2.41. The minimum absolute atomic E-state index is 0.141. The van der Waals surface area contributed by atoms with Crippen molar-refractivity contribution in [3.63, 3.8) is 0 Å². The first kappa shape index (κ1) is 27.9. The Bertz CT molecular complexity index is 1390. The number of nitrogens with zero attached hydrogens (tertiary/aromatic N) is 1. The number of fused-ring (bicyclic) bond motifs is 2. The van der Waals surface area contributed by atoms with E-state index in [1.807, 2.05) is 39.0 Å². The zero-order valence-electron chi connectivity index (χ0n) is 23.0. The summed E-state index contributed by atoms with van der Waals surface area (Å²) in [5, 5.41) is 6.57. The molecule has 210 valence electrons. The first-order valence-corrected chi connectivity index (χ1v) is 14.0. The molecule has 1 spiro atoms. The molecule has 2 aromatic carbocycles. The quantitative estimate of drug-likeness (QED) is 0.499. The molecule has 3 heterocycles. The molecule has 0 unspecified atom stereocenters. The minimum atomic E-state index is -1.03. The number of nitrogens with one attached hydrogen (secondary N) is 2. The van der Waals surface area contributed by atoms with Crippen LogP contribution >= 0.6 is 11.6 Å². The van der Waals surface area contributed by atoms with Gasteiger partial charge in [-0.05, 0) is 81.8 Å². The molecular formula is C31H34ClN3O5. The van der Waals surface area contributed by atoms with E-state index in [1.54, 1.807) is 23.1 Å². The summed E-state index contributed by atoms with van der Waals surface area (Å²) >= 11 is 6.22. The third-order valence-electron chi connectivity index (χ3n) is 7.89. The van der Waals surface area contributed by atoms with Gasteiger partial charge in [0.1, 0.15) is 16.8 Å². The van der Waals surface area contributed by atoms with Crippen LogP contribution in [0.15, 0.2) is 36.4 Å². The molecule has 8 nitrogen and oxygen atoms in total. The average Bonchev–Trinajstić information content (AvgIpc) is 3.18. The van der Waals surface area contributed by atoms with Gasteiger partial charge in [0.15, 0.2) is 0 Å². The number of anilines is 1. The van der Waals surface area contributed by atoms with Gasteiger partial charge in [0.25, 0.3) is 0 Å². The van der Waals surface area contributed by atoms with Crippen LogP contribution < -0.4 is 15.4 Å². The van der Waals surface area contributed by atoms with Crippen LogP contribution in [0.3, 0.4) is 0 Å². The lowest BCUT2D eigenvalue weighted by atomic mass is 9.67. The Labute approximate surface area is 239 Å². The van der Waals surface area contributed by atoms with Gasteiger partial charge in [-0.2, -0.15) is 0 Å². The molecule has 0 bridgehead atoms. The van der Waals surface area contributed by atoms with Crippen molar-refractivity contribution in [1.29, 1.82) is 0 Å². The number of piperidine rings is 2. The third-order valence-corrected chi connectivity index (χ3v) is 8.12. The number of hydrogen-bond donors (Lipinski definition) is 2. The molecule has 2 saturated heterocycles. The second kappa shape index (κ2) is 10.7.